The molecule has 1 heterocycles. The third kappa shape index (κ3) is 3.67. The van der Waals surface area contributed by atoms with Gasteiger partial charge >= 0.3 is 6.18 Å². The summed E-state index contributed by atoms with van der Waals surface area (Å²) in [6.07, 6.45) is -0.0759. The third-order valence-corrected chi connectivity index (χ3v) is 3.46. The molecular formula is C13H17F3N2O. The zero-order valence-electron chi connectivity index (χ0n) is 10.5. The lowest BCUT2D eigenvalue weighted by Crippen LogP contribution is -2.42. The van der Waals surface area contributed by atoms with Gasteiger partial charge in [0, 0.05) is 18.8 Å². The fourth-order valence-corrected chi connectivity index (χ4v) is 2.41. The number of aromatic nitrogens is 1. The molecule has 2 N–H and O–H groups in total. The van der Waals surface area contributed by atoms with Crippen molar-refractivity contribution < 1.29 is 18.3 Å². The first-order chi connectivity index (χ1) is 8.98. The largest absolute Gasteiger partial charge is 0.418 e. The van der Waals surface area contributed by atoms with E-state index in [2.05, 4.69) is 10.3 Å². The Morgan fingerprint density at radius 3 is 2.74 bits per heavy atom. The van der Waals surface area contributed by atoms with Crippen molar-refractivity contribution in [3.05, 3.63) is 29.6 Å². The molecule has 0 aromatic carbocycles. The third-order valence-electron chi connectivity index (χ3n) is 3.46. The van der Waals surface area contributed by atoms with Gasteiger partial charge in [-0.25, -0.2) is 0 Å². The second-order valence-electron chi connectivity index (χ2n) is 4.83. The van der Waals surface area contributed by atoms with E-state index in [1.54, 1.807) is 0 Å². The van der Waals surface area contributed by atoms with Gasteiger partial charge in [-0.3, -0.25) is 4.98 Å². The molecule has 6 heteroatoms. The molecule has 1 aliphatic rings. The second kappa shape index (κ2) is 5.88. The van der Waals surface area contributed by atoms with Gasteiger partial charge < -0.3 is 10.4 Å². The molecule has 2 atom stereocenters. The topological polar surface area (TPSA) is 45.1 Å². The quantitative estimate of drug-likeness (QED) is 0.890. The van der Waals surface area contributed by atoms with E-state index in [1.807, 2.05) is 0 Å². The van der Waals surface area contributed by atoms with Crippen molar-refractivity contribution in [2.75, 3.05) is 0 Å². The number of rotatable bonds is 3. The first-order valence-corrected chi connectivity index (χ1v) is 6.41. The number of halogens is 3. The Balaban J connectivity index is 2.03. The fraction of sp³-hybridized carbons (Fsp3) is 0.615. The Hall–Kier alpha value is -1.14. The number of hydrogen-bond acceptors (Lipinski definition) is 3. The van der Waals surface area contributed by atoms with Gasteiger partial charge in [0.1, 0.15) is 0 Å². The maximum absolute atomic E-state index is 12.8. The molecule has 0 saturated heterocycles. The Morgan fingerprint density at radius 2 is 2.05 bits per heavy atom. The number of nitrogens with zero attached hydrogens (tertiary/aromatic N) is 1. The fourth-order valence-electron chi connectivity index (χ4n) is 2.41. The SMILES string of the molecule is O[C@H]1CCCC[C@@H]1NCc1ncccc1C(F)(F)F. The minimum absolute atomic E-state index is 0.0206. The van der Waals surface area contributed by atoms with E-state index in [9.17, 15) is 18.3 Å². The highest BCUT2D eigenvalue weighted by Crippen LogP contribution is 2.31. The molecule has 0 unspecified atom stereocenters. The lowest BCUT2D eigenvalue weighted by atomic mass is 9.92. The number of hydrogen-bond donors (Lipinski definition) is 2. The highest BCUT2D eigenvalue weighted by molar-refractivity contribution is 5.22. The highest BCUT2D eigenvalue weighted by atomic mass is 19.4. The van der Waals surface area contributed by atoms with Crippen LogP contribution in [0.5, 0.6) is 0 Å². The predicted octanol–water partition coefficient (Wildman–Crippen LogP) is 2.49. The maximum atomic E-state index is 12.8. The van der Waals surface area contributed by atoms with Crippen LogP contribution >= 0.6 is 0 Å². The molecule has 1 fully saturated rings. The standard InChI is InChI=1S/C13H17F3N2O/c14-13(15,16)9-4-3-7-17-11(9)8-18-10-5-1-2-6-12(10)19/h3-4,7,10,12,18-19H,1-2,5-6,8H2/t10-,12-/m0/s1. The maximum Gasteiger partial charge on any atom is 0.418 e. The van der Waals surface area contributed by atoms with Crippen molar-refractivity contribution in [1.82, 2.24) is 10.3 Å². The summed E-state index contributed by atoms with van der Waals surface area (Å²) in [6.45, 7) is 0.0252. The van der Waals surface area contributed by atoms with Crippen LogP contribution in [0.25, 0.3) is 0 Å². The Kier molecular flexibility index (Phi) is 4.42. The van der Waals surface area contributed by atoms with Crippen LogP contribution in [-0.2, 0) is 12.7 Å². The molecule has 1 aromatic heterocycles. The summed E-state index contributed by atoms with van der Waals surface area (Å²) in [5, 5.41) is 12.8. The predicted molar refractivity (Wildman–Crippen MR) is 64.3 cm³/mol. The number of aliphatic hydroxyl groups is 1. The van der Waals surface area contributed by atoms with Gasteiger partial charge in [-0.05, 0) is 25.0 Å². The van der Waals surface area contributed by atoms with E-state index < -0.39 is 17.8 Å². The zero-order chi connectivity index (χ0) is 13.9. The molecule has 3 nitrogen and oxygen atoms in total. The number of alkyl halides is 3. The smallest absolute Gasteiger partial charge is 0.392 e. The molecule has 0 radical (unpaired) electrons. The molecule has 2 rings (SSSR count). The van der Waals surface area contributed by atoms with Gasteiger partial charge in [-0.15, -0.1) is 0 Å². The zero-order valence-corrected chi connectivity index (χ0v) is 10.5. The van der Waals surface area contributed by atoms with E-state index in [1.165, 1.54) is 12.3 Å². The molecule has 0 spiro atoms. The summed E-state index contributed by atoms with van der Waals surface area (Å²) in [7, 11) is 0. The van der Waals surface area contributed by atoms with Crippen LogP contribution in [0.2, 0.25) is 0 Å². The molecule has 0 bridgehead atoms. The summed E-state index contributed by atoms with van der Waals surface area (Å²) in [5.74, 6) is 0. The van der Waals surface area contributed by atoms with E-state index in [0.717, 1.165) is 25.3 Å². The van der Waals surface area contributed by atoms with Crippen LogP contribution in [0.1, 0.15) is 36.9 Å². The summed E-state index contributed by atoms with van der Waals surface area (Å²) in [4.78, 5) is 3.79. The van der Waals surface area contributed by atoms with Crippen molar-refractivity contribution in [3.8, 4) is 0 Å². The summed E-state index contributed by atoms with van der Waals surface area (Å²) >= 11 is 0. The average molecular weight is 274 g/mol. The average Bonchev–Trinajstić information content (AvgIpc) is 2.37. The molecular weight excluding hydrogens is 257 g/mol. The van der Waals surface area contributed by atoms with Crippen molar-refractivity contribution in [2.45, 2.75) is 50.6 Å². The van der Waals surface area contributed by atoms with Crippen molar-refractivity contribution in [1.29, 1.82) is 0 Å². The van der Waals surface area contributed by atoms with Gasteiger partial charge in [0.05, 0.1) is 17.4 Å². The molecule has 0 aliphatic heterocycles. The molecule has 106 valence electrons. The molecule has 1 aromatic rings. The second-order valence-corrected chi connectivity index (χ2v) is 4.83. The normalized spacial score (nSPS) is 24.4. The lowest BCUT2D eigenvalue weighted by Gasteiger charge is -2.28. The first-order valence-electron chi connectivity index (χ1n) is 6.41. The van der Waals surface area contributed by atoms with Gasteiger partial charge in [0.25, 0.3) is 0 Å². The van der Waals surface area contributed by atoms with E-state index >= 15 is 0 Å². The van der Waals surface area contributed by atoms with E-state index in [4.69, 9.17) is 0 Å². The van der Waals surface area contributed by atoms with E-state index in [-0.39, 0.29) is 18.3 Å². The Morgan fingerprint density at radius 1 is 1.32 bits per heavy atom. The summed E-state index contributed by atoms with van der Waals surface area (Å²) < 4.78 is 38.3. The highest BCUT2D eigenvalue weighted by Gasteiger charge is 2.34. The van der Waals surface area contributed by atoms with Crippen LogP contribution in [0, 0.1) is 0 Å². The number of pyridine rings is 1. The van der Waals surface area contributed by atoms with Gasteiger partial charge in [-0.2, -0.15) is 13.2 Å². The summed E-state index contributed by atoms with van der Waals surface area (Å²) in [5.41, 5.74) is -0.736. The Labute approximate surface area is 109 Å². The van der Waals surface area contributed by atoms with Crippen molar-refractivity contribution >= 4 is 0 Å². The van der Waals surface area contributed by atoms with Crippen LogP contribution in [-0.4, -0.2) is 22.2 Å². The molecule has 1 aliphatic carbocycles. The first kappa shape index (κ1) is 14.3. The summed E-state index contributed by atoms with van der Waals surface area (Å²) in [6, 6.07) is 2.17. The van der Waals surface area contributed by atoms with Crippen molar-refractivity contribution in [2.24, 2.45) is 0 Å². The van der Waals surface area contributed by atoms with Crippen LogP contribution in [0.15, 0.2) is 18.3 Å². The molecule has 19 heavy (non-hydrogen) atoms. The van der Waals surface area contributed by atoms with Crippen LogP contribution < -0.4 is 5.32 Å². The van der Waals surface area contributed by atoms with E-state index in [0.29, 0.717) is 6.42 Å². The van der Waals surface area contributed by atoms with Gasteiger partial charge in [0.15, 0.2) is 0 Å². The lowest BCUT2D eigenvalue weighted by molar-refractivity contribution is -0.138. The van der Waals surface area contributed by atoms with Gasteiger partial charge in [0.2, 0.25) is 0 Å². The monoisotopic (exact) mass is 274 g/mol. The minimum atomic E-state index is -4.39. The van der Waals surface area contributed by atoms with Crippen molar-refractivity contribution in [3.63, 3.8) is 0 Å². The Bertz CT molecular complexity index is 423. The molecule has 0 amide bonds. The number of nitrogens with one attached hydrogen (secondary N) is 1. The van der Waals surface area contributed by atoms with Crippen LogP contribution in [0.4, 0.5) is 13.2 Å². The number of aliphatic hydroxyl groups excluding tert-OH is 1. The minimum Gasteiger partial charge on any atom is -0.392 e. The van der Waals surface area contributed by atoms with Crippen LogP contribution in [0.3, 0.4) is 0 Å². The molecule has 1 saturated carbocycles. The van der Waals surface area contributed by atoms with Gasteiger partial charge in [-0.1, -0.05) is 12.8 Å².